The minimum absolute atomic E-state index is 0.0479. The first-order chi connectivity index (χ1) is 23.3. The second-order valence-electron chi connectivity index (χ2n) is 14.2. The van der Waals surface area contributed by atoms with Crippen LogP contribution in [0.3, 0.4) is 0 Å². The summed E-state index contributed by atoms with van der Waals surface area (Å²) < 4.78 is 33.3. The van der Waals surface area contributed by atoms with E-state index in [-0.39, 0.29) is 37.6 Å². The van der Waals surface area contributed by atoms with Crippen LogP contribution in [0.5, 0.6) is 0 Å². The molecule has 3 aliphatic heterocycles. The average Bonchev–Trinajstić information content (AvgIpc) is 3.95. The molecule has 0 radical (unpaired) electrons. The Morgan fingerprint density at radius 3 is 2.61 bits per heavy atom. The van der Waals surface area contributed by atoms with Crippen LogP contribution in [0.4, 0.5) is 4.79 Å². The molecule has 0 aromatic heterocycles. The van der Waals surface area contributed by atoms with Crippen molar-refractivity contribution in [3.8, 4) is 0 Å². The number of ether oxygens (including phenoxy) is 1. The fraction of sp³-hybridized carbons (Fsp3) is 0.571. The normalized spacial score (nSPS) is 29.0. The minimum Gasteiger partial charge on any atom is -0.444 e. The Kier molecular flexibility index (Phi) is 9.62. The number of carbonyl (C=O) groups is 5. The molecule has 5 aliphatic rings. The standard InChI is InChI=1S/C35H45N5O8S/c1-4-24-17-35(24,33(44)38-49(46,47)26-14-15-26)37-31(42)28-16-25-19-40(28)32(43)30(21(2)3)36-29(41)13-8-6-5-7-10-22-11-9-12-23-18-39(20-27(22)23)34(45)48-25/h4,7,9-12,21,24-26,28,30H,1,5-6,8,13-20H2,2-3H3,(H,36,41)(H,37,42)(H,38,44)/t24-,25-,28+,30+,35-/m1/s1. The van der Waals surface area contributed by atoms with Crippen molar-refractivity contribution in [2.24, 2.45) is 11.8 Å². The Labute approximate surface area is 286 Å². The molecule has 5 amide bonds. The number of nitrogens with zero attached hydrogens (tertiary/aromatic N) is 2. The van der Waals surface area contributed by atoms with E-state index in [1.807, 2.05) is 24.3 Å². The van der Waals surface area contributed by atoms with Crippen LogP contribution >= 0.6 is 0 Å². The van der Waals surface area contributed by atoms with Gasteiger partial charge in [-0.3, -0.25) is 28.8 Å². The van der Waals surface area contributed by atoms with E-state index in [2.05, 4.69) is 28.0 Å². The zero-order valence-electron chi connectivity index (χ0n) is 28.0. The molecule has 4 bridgehead atoms. The highest BCUT2D eigenvalue weighted by Crippen LogP contribution is 2.45. The molecule has 1 aromatic carbocycles. The number of amides is 5. The lowest BCUT2D eigenvalue weighted by Crippen LogP contribution is -2.59. The van der Waals surface area contributed by atoms with Crippen LogP contribution in [-0.4, -0.2) is 83.5 Å². The van der Waals surface area contributed by atoms with E-state index in [4.69, 9.17) is 4.74 Å². The highest BCUT2D eigenvalue weighted by atomic mass is 32.2. The van der Waals surface area contributed by atoms with Gasteiger partial charge in [0.15, 0.2) is 0 Å². The van der Waals surface area contributed by atoms with Gasteiger partial charge in [-0.05, 0) is 61.1 Å². The molecule has 1 aromatic rings. The van der Waals surface area contributed by atoms with Crippen molar-refractivity contribution in [2.45, 2.75) is 107 Å². The molecule has 3 N–H and O–H groups in total. The molecule has 3 heterocycles. The van der Waals surface area contributed by atoms with E-state index in [0.717, 1.165) is 29.5 Å². The zero-order chi connectivity index (χ0) is 35.1. The Bertz CT molecular complexity index is 1690. The number of sulfonamides is 1. The molecule has 0 unspecified atom stereocenters. The van der Waals surface area contributed by atoms with E-state index in [9.17, 15) is 32.4 Å². The molecule has 5 atom stereocenters. The number of benzene rings is 1. The van der Waals surface area contributed by atoms with Crippen LogP contribution in [0.25, 0.3) is 6.08 Å². The van der Waals surface area contributed by atoms with E-state index in [0.29, 0.717) is 32.4 Å². The number of hydrogen-bond acceptors (Lipinski definition) is 8. The lowest BCUT2D eigenvalue weighted by atomic mass is 10.0. The molecule has 49 heavy (non-hydrogen) atoms. The number of fused-ring (bicyclic) bond motifs is 3. The second-order valence-corrected chi connectivity index (χ2v) is 16.2. The summed E-state index contributed by atoms with van der Waals surface area (Å²) in [5.74, 6) is -3.16. The maximum atomic E-state index is 14.2. The predicted molar refractivity (Wildman–Crippen MR) is 180 cm³/mol. The molecule has 1 saturated heterocycles. The summed E-state index contributed by atoms with van der Waals surface area (Å²) in [6.07, 6.45) is 7.58. The highest BCUT2D eigenvalue weighted by Gasteiger charge is 2.62. The van der Waals surface area contributed by atoms with Gasteiger partial charge in [-0.15, -0.1) is 6.58 Å². The fourth-order valence-electron chi connectivity index (χ4n) is 7.04. The number of carbonyl (C=O) groups excluding carboxylic acids is 5. The smallest absolute Gasteiger partial charge is 0.410 e. The first-order valence-electron chi connectivity index (χ1n) is 17.2. The van der Waals surface area contributed by atoms with Crippen LogP contribution in [0.2, 0.25) is 0 Å². The Hall–Kier alpha value is -4.20. The first kappa shape index (κ1) is 34.7. The third-order valence-corrected chi connectivity index (χ3v) is 12.0. The van der Waals surface area contributed by atoms with Crippen molar-refractivity contribution in [3.05, 3.63) is 53.6 Å². The molecule has 2 aliphatic carbocycles. The Morgan fingerprint density at radius 2 is 1.92 bits per heavy atom. The highest BCUT2D eigenvalue weighted by molar-refractivity contribution is 7.91. The molecular formula is C35H45N5O8S. The Morgan fingerprint density at radius 1 is 1.14 bits per heavy atom. The van der Waals surface area contributed by atoms with Gasteiger partial charge in [-0.2, -0.15) is 0 Å². The first-order valence-corrected chi connectivity index (χ1v) is 18.7. The van der Waals surface area contributed by atoms with Gasteiger partial charge in [-0.1, -0.05) is 50.3 Å². The van der Waals surface area contributed by atoms with Crippen molar-refractivity contribution in [3.63, 3.8) is 0 Å². The largest absolute Gasteiger partial charge is 0.444 e. The van der Waals surface area contributed by atoms with Gasteiger partial charge in [0.25, 0.3) is 5.91 Å². The van der Waals surface area contributed by atoms with Crippen LogP contribution in [0.15, 0.2) is 36.9 Å². The van der Waals surface area contributed by atoms with Gasteiger partial charge < -0.3 is 20.3 Å². The molecule has 0 spiro atoms. The van der Waals surface area contributed by atoms with E-state index in [1.165, 1.54) is 11.0 Å². The summed E-state index contributed by atoms with van der Waals surface area (Å²) in [5, 5.41) is 4.97. The van der Waals surface area contributed by atoms with E-state index < -0.39 is 68.7 Å². The summed E-state index contributed by atoms with van der Waals surface area (Å²) >= 11 is 0. The lowest BCUT2D eigenvalue weighted by Gasteiger charge is -2.31. The van der Waals surface area contributed by atoms with Gasteiger partial charge in [0.2, 0.25) is 27.7 Å². The van der Waals surface area contributed by atoms with E-state index >= 15 is 0 Å². The lowest BCUT2D eigenvalue weighted by molar-refractivity contribution is -0.143. The average molecular weight is 696 g/mol. The van der Waals surface area contributed by atoms with Crippen LogP contribution in [0.1, 0.15) is 81.9 Å². The zero-order valence-corrected chi connectivity index (χ0v) is 28.8. The van der Waals surface area contributed by atoms with Crippen LogP contribution < -0.4 is 15.4 Å². The maximum absolute atomic E-state index is 14.2. The predicted octanol–water partition coefficient (Wildman–Crippen LogP) is 2.51. The third-order valence-electron chi connectivity index (χ3n) is 10.2. The molecule has 14 heteroatoms. The molecule has 264 valence electrons. The van der Waals surface area contributed by atoms with Gasteiger partial charge in [-0.25, -0.2) is 13.2 Å². The monoisotopic (exact) mass is 695 g/mol. The van der Waals surface area contributed by atoms with Crippen LogP contribution in [-0.2, 0) is 47.0 Å². The molecular weight excluding hydrogens is 650 g/mol. The summed E-state index contributed by atoms with van der Waals surface area (Å²) in [6, 6.07) is 3.82. The second kappa shape index (κ2) is 13.6. The van der Waals surface area contributed by atoms with Gasteiger partial charge in [0.05, 0.1) is 18.3 Å². The molecule has 2 saturated carbocycles. The number of allylic oxidation sites excluding steroid dienone is 1. The molecule has 13 nitrogen and oxygen atoms in total. The summed E-state index contributed by atoms with van der Waals surface area (Å²) in [5.41, 5.74) is 1.51. The van der Waals surface area contributed by atoms with Crippen molar-refractivity contribution in [2.75, 3.05) is 6.54 Å². The minimum atomic E-state index is -3.89. The third kappa shape index (κ3) is 7.24. The fourth-order valence-corrected chi connectivity index (χ4v) is 8.40. The molecule has 6 rings (SSSR count). The Balaban J connectivity index is 1.26. The SMILES string of the molecule is C=C[C@@H]1C[C@]1(NC(=O)[C@@H]1C[C@@H]2CN1C(=O)[C@H](C(C)C)NC(=O)CCCCC=Cc1cccc3c1CN(C3)C(=O)O2)C(=O)NS(=O)(=O)C1CC1. The van der Waals surface area contributed by atoms with E-state index in [1.54, 1.807) is 18.7 Å². The quantitative estimate of drug-likeness (QED) is 0.366. The summed E-state index contributed by atoms with van der Waals surface area (Å²) in [7, 11) is -3.89. The van der Waals surface area contributed by atoms with Crippen molar-refractivity contribution >= 4 is 45.8 Å². The summed E-state index contributed by atoms with van der Waals surface area (Å²) in [6.45, 7) is 7.95. The topological polar surface area (TPSA) is 171 Å². The van der Waals surface area contributed by atoms with Crippen molar-refractivity contribution < 1.29 is 37.1 Å². The molecule has 3 fully saturated rings. The number of rotatable bonds is 7. The van der Waals surface area contributed by atoms with Crippen molar-refractivity contribution in [1.29, 1.82) is 0 Å². The van der Waals surface area contributed by atoms with Gasteiger partial charge >= 0.3 is 6.09 Å². The van der Waals surface area contributed by atoms with Gasteiger partial charge in [0.1, 0.15) is 23.7 Å². The van der Waals surface area contributed by atoms with Crippen LogP contribution in [0, 0.1) is 11.8 Å². The van der Waals surface area contributed by atoms with Crippen molar-refractivity contribution in [1.82, 2.24) is 25.2 Å². The van der Waals surface area contributed by atoms with Gasteiger partial charge in [0, 0.05) is 25.3 Å². The maximum Gasteiger partial charge on any atom is 0.410 e. The summed E-state index contributed by atoms with van der Waals surface area (Å²) in [4.78, 5) is 71.0. The number of nitrogens with one attached hydrogen (secondary N) is 3. The number of hydrogen-bond donors (Lipinski definition) is 3.